The highest BCUT2D eigenvalue weighted by Crippen LogP contribution is 2.34. The number of amides is 1. The summed E-state index contributed by atoms with van der Waals surface area (Å²) in [6.07, 6.45) is 9.63. The quantitative estimate of drug-likeness (QED) is 0.416. The predicted octanol–water partition coefficient (Wildman–Crippen LogP) is 4.15. The van der Waals surface area contributed by atoms with Crippen molar-refractivity contribution in [2.24, 2.45) is 0 Å². The number of carbonyl (C=O) groups is 1. The van der Waals surface area contributed by atoms with E-state index in [1.165, 1.54) is 6.33 Å². The van der Waals surface area contributed by atoms with Crippen LogP contribution in [0.4, 0.5) is 0 Å². The summed E-state index contributed by atoms with van der Waals surface area (Å²) in [5.41, 5.74) is 2.65. The SMILES string of the molecule is COc1cccc(Oc2nccnc2C2CCN(C(=O)c3cccc(-c4cncnc4)n3)CC2)c1. The molecule has 176 valence electrons. The number of rotatable bonds is 6. The minimum atomic E-state index is -0.0888. The van der Waals surface area contributed by atoms with E-state index in [2.05, 4.69) is 24.9 Å². The van der Waals surface area contributed by atoms with Gasteiger partial charge in [-0.05, 0) is 37.1 Å². The van der Waals surface area contributed by atoms with E-state index in [0.29, 0.717) is 41.9 Å². The summed E-state index contributed by atoms with van der Waals surface area (Å²) in [5.74, 6) is 1.86. The Labute approximate surface area is 202 Å². The van der Waals surface area contributed by atoms with E-state index in [1.54, 1.807) is 38.0 Å². The molecular formula is C26H24N6O3. The maximum atomic E-state index is 13.2. The smallest absolute Gasteiger partial charge is 0.272 e. The molecule has 3 aromatic heterocycles. The van der Waals surface area contributed by atoms with Gasteiger partial charge < -0.3 is 14.4 Å². The average Bonchev–Trinajstić information content (AvgIpc) is 2.94. The number of ether oxygens (including phenoxy) is 2. The Morgan fingerprint density at radius 1 is 0.971 bits per heavy atom. The third-order valence-corrected chi connectivity index (χ3v) is 5.94. The Morgan fingerprint density at radius 2 is 1.71 bits per heavy atom. The fraction of sp³-hybridized carbons (Fsp3) is 0.231. The van der Waals surface area contributed by atoms with Gasteiger partial charge in [-0.1, -0.05) is 12.1 Å². The molecule has 4 aromatic rings. The van der Waals surface area contributed by atoms with Crippen molar-refractivity contribution in [2.45, 2.75) is 18.8 Å². The fourth-order valence-electron chi connectivity index (χ4n) is 4.13. The van der Waals surface area contributed by atoms with Gasteiger partial charge in [-0.15, -0.1) is 0 Å². The molecule has 0 unspecified atom stereocenters. The molecule has 1 fully saturated rings. The zero-order valence-corrected chi connectivity index (χ0v) is 19.2. The lowest BCUT2D eigenvalue weighted by molar-refractivity contribution is 0.0706. The molecular weight excluding hydrogens is 444 g/mol. The zero-order valence-electron chi connectivity index (χ0n) is 19.2. The highest BCUT2D eigenvalue weighted by Gasteiger charge is 2.28. The largest absolute Gasteiger partial charge is 0.497 e. The van der Waals surface area contributed by atoms with Crippen molar-refractivity contribution in [1.82, 2.24) is 29.8 Å². The number of nitrogens with zero attached hydrogens (tertiary/aromatic N) is 6. The molecule has 5 rings (SSSR count). The van der Waals surface area contributed by atoms with Crippen molar-refractivity contribution in [2.75, 3.05) is 20.2 Å². The highest BCUT2D eigenvalue weighted by atomic mass is 16.5. The number of hydrogen-bond acceptors (Lipinski definition) is 8. The van der Waals surface area contributed by atoms with E-state index in [-0.39, 0.29) is 11.8 Å². The molecule has 4 heterocycles. The van der Waals surface area contributed by atoms with Crippen LogP contribution in [0, 0.1) is 0 Å². The fourth-order valence-corrected chi connectivity index (χ4v) is 4.13. The monoisotopic (exact) mass is 468 g/mol. The van der Waals surface area contributed by atoms with Crippen molar-refractivity contribution >= 4 is 5.91 Å². The second-order valence-electron chi connectivity index (χ2n) is 8.13. The standard InChI is InChI=1S/C26H24N6O3/c1-34-20-4-2-5-21(14-20)35-25-24(29-10-11-30-25)18-8-12-32(13-9-18)26(33)23-7-3-6-22(31-23)19-15-27-17-28-16-19/h2-7,10-11,14-18H,8-9,12-13H2,1H3. The van der Waals surface area contributed by atoms with Gasteiger partial charge in [0, 0.05) is 55.4 Å². The van der Waals surface area contributed by atoms with E-state index in [4.69, 9.17) is 9.47 Å². The van der Waals surface area contributed by atoms with Crippen molar-refractivity contribution in [3.05, 3.63) is 85.0 Å². The van der Waals surface area contributed by atoms with Crippen LogP contribution < -0.4 is 9.47 Å². The van der Waals surface area contributed by atoms with Crippen LogP contribution in [0.2, 0.25) is 0 Å². The Morgan fingerprint density at radius 3 is 2.51 bits per heavy atom. The summed E-state index contributed by atoms with van der Waals surface area (Å²) in [6, 6.07) is 12.8. The molecule has 35 heavy (non-hydrogen) atoms. The molecule has 1 aromatic carbocycles. The van der Waals surface area contributed by atoms with Gasteiger partial charge in [0.05, 0.1) is 12.8 Å². The molecule has 0 bridgehead atoms. The van der Waals surface area contributed by atoms with Crippen LogP contribution in [0.3, 0.4) is 0 Å². The van der Waals surface area contributed by atoms with E-state index in [9.17, 15) is 4.79 Å². The molecule has 9 nitrogen and oxygen atoms in total. The summed E-state index contributed by atoms with van der Waals surface area (Å²) in [5, 5.41) is 0. The van der Waals surface area contributed by atoms with Crippen LogP contribution in [0.25, 0.3) is 11.3 Å². The van der Waals surface area contributed by atoms with E-state index in [1.807, 2.05) is 41.3 Å². The van der Waals surface area contributed by atoms with Crippen LogP contribution >= 0.6 is 0 Å². The third kappa shape index (κ3) is 5.08. The summed E-state index contributed by atoms with van der Waals surface area (Å²) >= 11 is 0. The average molecular weight is 469 g/mol. The number of aromatic nitrogens is 5. The van der Waals surface area contributed by atoms with Gasteiger partial charge in [0.25, 0.3) is 5.91 Å². The number of piperidine rings is 1. The Balaban J connectivity index is 1.27. The van der Waals surface area contributed by atoms with Crippen molar-refractivity contribution in [3.63, 3.8) is 0 Å². The molecule has 0 spiro atoms. The lowest BCUT2D eigenvalue weighted by Gasteiger charge is -2.31. The minimum absolute atomic E-state index is 0.0888. The zero-order chi connectivity index (χ0) is 24.0. The number of methoxy groups -OCH3 is 1. The van der Waals surface area contributed by atoms with Gasteiger partial charge in [-0.2, -0.15) is 0 Å². The lowest BCUT2D eigenvalue weighted by Crippen LogP contribution is -2.38. The van der Waals surface area contributed by atoms with Crippen LogP contribution in [-0.4, -0.2) is 55.9 Å². The molecule has 0 aliphatic carbocycles. The van der Waals surface area contributed by atoms with Crippen molar-refractivity contribution < 1.29 is 14.3 Å². The number of pyridine rings is 1. The molecule has 0 N–H and O–H groups in total. The summed E-state index contributed by atoms with van der Waals surface area (Å²) in [7, 11) is 1.61. The topological polar surface area (TPSA) is 103 Å². The van der Waals surface area contributed by atoms with Gasteiger partial charge in [0.15, 0.2) is 0 Å². The second kappa shape index (κ2) is 10.3. The van der Waals surface area contributed by atoms with E-state index < -0.39 is 0 Å². The molecule has 1 aliphatic heterocycles. The van der Waals surface area contributed by atoms with Crippen molar-refractivity contribution in [1.29, 1.82) is 0 Å². The summed E-state index contributed by atoms with van der Waals surface area (Å²) in [4.78, 5) is 36.6. The third-order valence-electron chi connectivity index (χ3n) is 5.94. The van der Waals surface area contributed by atoms with Crippen LogP contribution in [-0.2, 0) is 0 Å². The highest BCUT2D eigenvalue weighted by molar-refractivity contribution is 5.93. The van der Waals surface area contributed by atoms with E-state index in [0.717, 1.165) is 24.1 Å². The first-order valence-corrected chi connectivity index (χ1v) is 11.4. The van der Waals surface area contributed by atoms with Crippen LogP contribution in [0.1, 0.15) is 34.9 Å². The number of likely N-dealkylation sites (tertiary alicyclic amines) is 1. The molecule has 0 saturated carbocycles. The van der Waals surface area contributed by atoms with Crippen LogP contribution in [0.5, 0.6) is 17.4 Å². The first-order chi connectivity index (χ1) is 17.2. The minimum Gasteiger partial charge on any atom is -0.497 e. The van der Waals surface area contributed by atoms with Gasteiger partial charge in [0.2, 0.25) is 5.88 Å². The van der Waals surface area contributed by atoms with Gasteiger partial charge in [0.1, 0.15) is 29.2 Å². The molecule has 1 amide bonds. The maximum Gasteiger partial charge on any atom is 0.272 e. The van der Waals surface area contributed by atoms with Crippen molar-refractivity contribution in [3.8, 4) is 28.6 Å². The summed E-state index contributed by atoms with van der Waals surface area (Å²) < 4.78 is 11.3. The van der Waals surface area contributed by atoms with E-state index >= 15 is 0 Å². The first-order valence-electron chi connectivity index (χ1n) is 11.4. The molecule has 9 heteroatoms. The molecule has 0 radical (unpaired) electrons. The number of hydrogen-bond donors (Lipinski definition) is 0. The van der Waals surface area contributed by atoms with Gasteiger partial charge >= 0.3 is 0 Å². The molecule has 1 aliphatic rings. The Bertz CT molecular complexity index is 1310. The normalized spacial score (nSPS) is 13.9. The van der Waals surface area contributed by atoms with Gasteiger partial charge in [-0.25, -0.2) is 19.9 Å². The summed E-state index contributed by atoms with van der Waals surface area (Å²) in [6.45, 7) is 1.19. The maximum absolute atomic E-state index is 13.2. The van der Waals surface area contributed by atoms with Crippen LogP contribution in [0.15, 0.2) is 73.6 Å². The first kappa shape index (κ1) is 22.4. The predicted molar refractivity (Wildman–Crippen MR) is 128 cm³/mol. The van der Waals surface area contributed by atoms with Gasteiger partial charge in [-0.3, -0.25) is 9.78 Å². The number of benzene rings is 1. The molecule has 0 atom stereocenters. The second-order valence-corrected chi connectivity index (χ2v) is 8.13. The molecule has 1 saturated heterocycles. The lowest BCUT2D eigenvalue weighted by atomic mass is 9.93. The number of carbonyl (C=O) groups excluding carboxylic acids is 1. The Hall–Kier alpha value is -4.40. The Kier molecular flexibility index (Phi) is 6.56.